The molecule has 156 valence electrons. The van der Waals surface area contributed by atoms with Crippen molar-refractivity contribution >= 4 is 5.97 Å². The minimum Gasteiger partial charge on any atom is -0.485 e. The highest BCUT2D eigenvalue weighted by Gasteiger charge is 2.27. The van der Waals surface area contributed by atoms with Crippen LogP contribution in [0.5, 0.6) is 11.5 Å². The summed E-state index contributed by atoms with van der Waals surface area (Å²) in [6.45, 7) is 0.636. The molecule has 3 aromatic rings. The molecule has 2 N–H and O–H groups in total. The van der Waals surface area contributed by atoms with Crippen molar-refractivity contribution in [3.63, 3.8) is 0 Å². The highest BCUT2D eigenvalue weighted by atomic mass is 16.5. The van der Waals surface area contributed by atoms with Crippen LogP contribution in [-0.2, 0) is 22.7 Å². The zero-order chi connectivity index (χ0) is 21.3. The predicted octanol–water partition coefficient (Wildman–Crippen LogP) is 3.41. The number of hydrogen-bond acceptors (Lipinski definition) is 6. The van der Waals surface area contributed by atoms with E-state index in [0.717, 1.165) is 18.2 Å². The lowest BCUT2D eigenvalue weighted by molar-refractivity contribution is -0.156. The van der Waals surface area contributed by atoms with Gasteiger partial charge in [-0.05, 0) is 28.8 Å². The average Bonchev–Trinajstić information content (AvgIpc) is 2.81. The Balaban J connectivity index is 1.81. The van der Waals surface area contributed by atoms with Gasteiger partial charge in [0.25, 0.3) is 0 Å². The Morgan fingerprint density at radius 1 is 0.800 bits per heavy atom. The molecule has 0 saturated heterocycles. The van der Waals surface area contributed by atoms with Gasteiger partial charge in [0.2, 0.25) is 0 Å². The summed E-state index contributed by atoms with van der Waals surface area (Å²) in [7, 11) is 1.15. The number of aliphatic hydroxyl groups excluding tert-OH is 2. The zero-order valence-corrected chi connectivity index (χ0v) is 16.6. The molecule has 0 radical (unpaired) electrons. The van der Waals surface area contributed by atoms with Crippen molar-refractivity contribution in [3.8, 4) is 11.5 Å². The first kappa shape index (κ1) is 21.4. The molecule has 0 amide bonds. The fourth-order valence-electron chi connectivity index (χ4n) is 2.84. The van der Waals surface area contributed by atoms with Gasteiger partial charge >= 0.3 is 5.97 Å². The third-order valence-electron chi connectivity index (χ3n) is 4.53. The van der Waals surface area contributed by atoms with Gasteiger partial charge in [-0.2, -0.15) is 0 Å². The van der Waals surface area contributed by atoms with E-state index in [1.807, 2.05) is 60.7 Å². The van der Waals surface area contributed by atoms with E-state index in [9.17, 15) is 15.0 Å². The van der Waals surface area contributed by atoms with E-state index >= 15 is 0 Å². The predicted molar refractivity (Wildman–Crippen MR) is 111 cm³/mol. The second-order valence-electron chi connectivity index (χ2n) is 6.67. The van der Waals surface area contributed by atoms with E-state index in [-0.39, 0.29) is 0 Å². The summed E-state index contributed by atoms with van der Waals surface area (Å²) in [6, 6.07) is 24.1. The Labute approximate surface area is 175 Å². The maximum Gasteiger partial charge on any atom is 0.337 e. The summed E-state index contributed by atoms with van der Waals surface area (Å²) in [5.41, 5.74) is 2.27. The van der Waals surface area contributed by atoms with Crippen LogP contribution in [0.4, 0.5) is 0 Å². The van der Waals surface area contributed by atoms with E-state index in [4.69, 9.17) is 9.47 Å². The number of hydrogen-bond donors (Lipinski definition) is 2. The summed E-state index contributed by atoms with van der Waals surface area (Å²) in [5.74, 6) is -0.0413. The van der Waals surface area contributed by atoms with Crippen molar-refractivity contribution in [3.05, 3.63) is 95.6 Å². The molecule has 0 fully saturated rings. The number of carbonyl (C=O) groups excluding carboxylic acids is 1. The van der Waals surface area contributed by atoms with Crippen LogP contribution in [0.25, 0.3) is 0 Å². The largest absolute Gasteiger partial charge is 0.485 e. The van der Waals surface area contributed by atoms with Crippen LogP contribution in [0.2, 0.25) is 0 Å². The first-order valence-electron chi connectivity index (χ1n) is 9.50. The molecule has 0 saturated carbocycles. The molecule has 6 nitrogen and oxygen atoms in total. The van der Waals surface area contributed by atoms with Crippen LogP contribution < -0.4 is 9.47 Å². The molecule has 0 heterocycles. The lowest BCUT2D eigenvalue weighted by Gasteiger charge is -2.19. The molecule has 2 atom stereocenters. The highest BCUT2D eigenvalue weighted by Crippen LogP contribution is 2.33. The normalized spacial score (nSPS) is 12.6. The van der Waals surface area contributed by atoms with Crippen molar-refractivity contribution in [2.45, 2.75) is 25.4 Å². The Morgan fingerprint density at radius 2 is 1.33 bits per heavy atom. The van der Waals surface area contributed by atoms with Crippen molar-refractivity contribution in [1.29, 1.82) is 0 Å². The van der Waals surface area contributed by atoms with E-state index in [1.54, 1.807) is 18.2 Å². The smallest absolute Gasteiger partial charge is 0.337 e. The monoisotopic (exact) mass is 408 g/mol. The van der Waals surface area contributed by atoms with E-state index in [0.29, 0.717) is 30.3 Å². The van der Waals surface area contributed by atoms with Gasteiger partial charge in [-0.3, -0.25) is 0 Å². The first-order chi connectivity index (χ1) is 14.6. The number of methoxy groups -OCH3 is 1. The van der Waals surface area contributed by atoms with Crippen molar-refractivity contribution < 1.29 is 29.2 Å². The van der Waals surface area contributed by atoms with Gasteiger partial charge in [0.1, 0.15) is 19.3 Å². The van der Waals surface area contributed by atoms with Crippen molar-refractivity contribution in [2.75, 3.05) is 7.11 Å². The second-order valence-corrected chi connectivity index (χ2v) is 6.67. The number of aliphatic hydroxyl groups is 2. The average molecular weight is 408 g/mol. The van der Waals surface area contributed by atoms with Gasteiger partial charge in [-0.25, -0.2) is 4.79 Å². The molecule has 30 heavy (non-hydrogen) atoms. The number of carbonyl (C=O) groups is 1. The molecular formula is C24H24O6. The van der Waals surface area contributed by atoms with Crippen LogP contribution in [0, 0.1) is 0 Å². The third kappa shape index (κ3) is 5.59. The van der Waals surface area contributed by atoms with E-state index < -0.39 is 18.2 Å². The highest BCUT2D eigenvalue weighted by molar-refractivity contribution is 5.75. The Kier molecular flexibility index (Phi) is 7.43. The minimum atomic E-state index is -1.70. The third-order valence-corrected chi connectivity index (χ3v) is 4.53. The molecule has 0 aromatic heterocycles. The Hall–Kier alpha value is -3.35. The molecule has 0 aliphatic heterocycles. The van der Waals surface area contributed by atoms with E-state index in [1.165, 1.54) is 0 Å². The summed E-state index contributed by atoms with van der Waals surface area (Å²) < 4.78 is 16.3. The number of rotatable bonds is 9. The summed E-state index contributed by atoms with van der Waals surface area (Å²) in [6.07, 6.45) is -3.16. The Morgan fingerprint density at radius 3 is 1.87 bits per heavy atom. The van der Waals surface area contributed by atoms with Gasteiger partial charge in [-0.15, -0.1) is 0 Å². The second kappa shape index (κ2) is 10.4. The van der Waals surface area contributed by atoms with E-state index in [2.05, 4.69) is 4.74 Å². The van der Waals surface area contributed by atoms with Crippen molar-refractivity contribution in [1.82, 2.24) is 0 Å². The minimum absolute atomic E-state index is 0.293. The number of ether oxygens (including phenoxy) is 3. The molecule has 0 aliphatic carbocycles. The molecule has 0 aliphatic rings. The van der Waals surface area contributed by atoms with Gasteiger partial charge in [0.15, 0.2) is 17.6 Å². The summed E-state index contributed by atoms with van der Waals surface area (Å²) in [5, 5.41) is 20.3. The van der Waals surface area contributed by atoms with Gasteiger partial charge in [-0.1, -0.05) is 66.7 Å². The van der Waals surface area contributed by atoms with Crippen LogP contribution in [-0.4, -0.2) is 29.4 Å². The number of benzene rings is 3. The lowest BCUT2D eigenvalue weighted by Crippen LogP contribution is -2.29. The fraction of sp³-hybridized carbons (Fsp3) is 0.208. The molecule has 3 rings (SSSR count). The maximum absolute atomic E-state index is 11.6. The first-order valence-corrected chi connectivity index (χ1v) is 9.50. The molecule has 3 aromatic carbocycles. The van der Waals surface area contributed by atoms with Gasteiger partial charge in [0.05, 0.1) is 7.11 Å². The maximum atomic E-state index is 11.6. The van der Waals surface area contributed by atoms with Crippen LogP contribution in [0.1, 0.15) is 22.8 Å². The summed E-state index contributed by atoms with van der Waals surface area (Å²) >= 11 is 0. The lowest BCUT2D eigenvalue weighted by atomic mass is 10.0. The van der Waals surface area contributed by atoms with Crippen LogP contribution in [0.15, 0.2) is 78.9 Å². The SMILES string of the molecule is COC(=O)C(O)C(O)c1ccc(OCc2ccccc2)c(OCc2ccccc2)c1. The van der Waals surface area contributed by atoms with Crippen LogP contribution >= 0.6 is 0 Å². The summed E-state index contributed by atoms with van der Waals surface area (Å²) in [4.78, 5) is 11.6. The molecule has 0 bridgehead atoms. The molecule has 6 heteroatoms. The van der Waals surface area contributed by atoms with Gasteiger partial charge in [0, 0.05) is 0 Å². The topological polar surface area (TPSA) is 85.2 Å². The molecule has 2 unspecified atom stereocenters. The zero-order valence-electron chi connectivity index (χ0n) is 16.6. The quantitative estimate of drug-likeness (QED) is 0.528. The fourth-order valence-corrected chi connectivity index (χ4v) is 2.84. The number of esters is 1. The van der Waals surface area contributed by atoms with Crippen molar-refractivity contribution in [2.24, 2.45) is 0 Å². The molecule has 0 spiro atoms. The van der Waals surface area contributed by atoms with Crippen LogP contribution in [0.3, 0.4) is 0 Å². The molecular weight excluding hydrogens is 384 g/mol. The standard InChI is InChI=1S/C24H24O6/c1-28-24(27)23(26)22(25)19-12-13-20(29-15-17-8-4-2-5-9-17)21(14-19)30-16-18-10-6-3-7-11-18/h2-14,22-23,25-26H,15-16H2,1H3. The Bertz CT molecular complexity index is 942. The van der Waals surface area contributed by atoms with Gasteiger partial charge < -0.3 is 24.4 Å².